The fourth-order valence-corrected chi connectivity index (χ4v) is 2.50. The van der Waals surface area contributed by atoms with E-state index >= 15 is 0 Å². The molecule has 0 saturated carbocycles. The van der Waals surface area contributed by atoms with Crippen LogP contribution in [0.4, 0.5) is 0 Å². The third-order valence-electron chi connectivity index (χ3n) is 2.69. The summed E-state index contributed by atoms with van der Waals surface area (Å²) in [5.74, 6) is 1.69. The fourth-order valence-electron chi connectivity index (χ4n) is 1.71. The molecule has 15 heavy (non-hydrogen) atoms. The third kappa shape index (κ3) is 3.50. The van der Waals surface area contributed by atoms with Gasteiger partial charge in [-0.15, -0.1) is 11.3 Å². The maximum atomic E-state index is 5.28. The third-order valence-corrected chi connectivity index (χ3v) is 3.60. The zero-order chi connectivity index (χ0) is 11.3. The Labute approximate surface area is 96.7 Å². The van der Waals surface area contributed by atoms with Gasteiger partial charge in [-0.05, 0) is 23.8 Å². The Balaban J connectivity index is 2.48. The van der Waals surface area contributed by atoms with E-state index < -0.39 is 0 Å². The van der Waals surface area contributed by atoms with Crippen molar-refractivity contribution < 1.29 is 4.74 Å². The van der Waals surface area contributed by atoms with E-state index in [0.29, 0.717) is 12.0 Å². The summed E-state index contributed by atoms with van der Waals surface area (Å²) in [7, 11) is 1.73. The largest absolute Gasteiger partial charge is 0.496 e. The van der Waals surface area contributed by atoms with Crippen LogP contribution in [0, 0.1) is 5.92 Å². The molecule has 1 N–H and O–H groups in total. The van der Waals surface area contributed by atoms with Crippen LogP contribution in [0.3, 0.4) is 0 Å². The van der Waals surface area contributed by atoms with E-state index in [-0.39, 0.29) is 0 Å². The van der Waals surface area contributed by atoms with Crippen LogP contribution in [0.1, 0.15) is 32.1 Å². The van der Waals surface area contributed by atoms with E-state index in [2.05, 4.69) is 31.5 Å². The van der Waals surface area contributed by atoms with Crippen LogP contribution < -0.4 is 10.1 Å². The predicted molar refractivity (Wildman–Crippen MR) is 66.6 cm³/mol. The summed E-state index contributed by atoms with van der Waals surface area (Å²) < 4.78 is 5.28. The molecule has 2 nitrogen and oxygen atoms in total. The van der Waals surface area contributed by atoms with Crippen molar-refractivity contribution in [2.45, 2.75) is 39.8 Å². The molecule has 0 saturated heterocycles. The van der Waals surface area contributed by atoms with E-state index in [4.69, 9.17) is 4.74 Å². The number of methoxy groups -OCH3 is 1. The van der Waals surface area contributed by atoms with Gasteiger partial charge >= 0.3 is 0 Å². The van der Waals surface area contributed by atoms with E-state index in [0.717, 1.165) is 12.3 Å². The molecule has 1 aromatic rings. The van der Waals surface area contributed by atoms with Crippen molar-refractivity contribution >= 4 is 11.3 Å². The minimum atomic E-state index is 0.594. The first-order valence-electron chi connectivity index (χ1n) is 5.52. The molecule has 0 spiro atoms. The maximum absolute atomic E-state index is 5.28. The average molecular weight is 227 g/mol. The molecule has 0 aliphatic heterocycles. The number of hydrogen-bond donors (Lipinski definition) is 1. The van der Waals surface area contributed by atoms with Gasteiger partial charge in [0.2, 0.25) is 0 Å². The number of ether oxygens (including phenoxy) is 1. The van der Waals surface area contributed by atoms with Crippen molar-refractivity contribution in [3.05, 3.63) is 16.3 Å². The molecule has 0 amide bonds. The molecule has 86 valence electrons. The minimum absolute atomic E-state index is 0.594. The molecular formula is C12H21NOS. The number of hydrogen-bond acceptors (Lipinski definition) is 3. The lowest BCUT2D eigenvalue weighted by Crippen LogP contribution is -2.32. The fraction of sp³-hybridized carbons (Fsp3) is 0.667. The molecule has 3 heteroatoms. The molecular weight excluding hydrogens is 206 g/mol. The Hall–Kier alpha value is -0.540. The van der Waals surface area contributed by atoms with Crippen LogP contribution in [-0.2, 0) is 6.54 Å². The van der Waals surface area contributed by atoms with Crippen LogP contribution in [0.15, 0.2) is 11.4 Å². The van der Waals surface area contributed by atoms with Gasteiger partial charge in [0.1, 0.15) is 5.75 Å². The highest BCUT2D eigenvalue weighted by Gasteiger charge is 2.11. The second kappa shape index (κ2) is 6.13. The molecule has 0 radical (unpaired) electrons. The lowest BCUT2D eigenvalue weighted by atomic mass is 10.0. The molecule has 0 aliphatic rings. The zero-order valence-electron chi connectivity index (χ0n) is 10.0. The van der Waals surface area contributed by atoms with Gasteiger partial charge < -0.3 is 10.1 Å². The Morgan fingerprint density at radius 1 is 1.47 bits per heavy atom. The monoisotopic (exact) mass is 227 g/mol. The molecule has 0 bridgehead atoms. The Bertz CT molecular complexity index is 283. The SMILES string of the molecule is CCC(NCc1sccc1OC)C(C)C. The zero-order valence-corrected chi connectivity index (χ0v) is 10.9. The standard InChI is InChI=1S/C12H21NOS/c1-5-10(9(2)3)13-8-12-11(14-4)6-7-15-12/h6-7,9-10,13H,5,8H2,1-4H3. The van der Waals surface area contributed by atoms with E-state index in [9.17, 15) is 0 Å². The van der Waals surface area contributed by atoms with Gasteiger partial charge in [0.25, 0.3) is 0 Å². The summed E-state index contributed by atoms with van der Waals surface area (Å²) in [4.78, 5) is 1.29. The molecule has 0 aliphatic carbocycles. The number of nitrogens with one attached hydrogen (secondary N) is 1. The van der Waals surface area contributed by atoms with E-state index in [1.54, 1.807) is 18.4 Å². The van der Waals surface area contributed by atoms with Gasteiger partial charge in [-0.2, -0.15) is 0 Å². The van der Waals surface area contributed by atoms with Crippen LogP contribution in [0.5, 0.6) is 5.75 Å². The smallest absolute Gasteiger partial charge is 0.134 e. The van der Waals surface area contributed by atoms with Gasteiger partial charge in [-0.1, -0.05) is 20.8 Å². The predicted octanol–water partition coefficient (Wildman–Crippen LogP) is 3.28. The number of thiophene rings is 1. The first-order valence-corrected chi connectivity index (χ1v) is 6.40. The summed E-state index contributed by atoms with van der Waals surface area (Å²) in [6.07, 6.45) is 1.17. The summed E-state index contributed by atoms with van der Waals surface area (Å²) >= 11 is 1.75. The van der Waals surface area contributed by atoms with Crippen LogP contribution in [0.25, 0.3) is 0 Å². The highest BCUT2D eigenvalue weighted by molar-refractivity contribution is 7.10. The average Bonchev–Trinajstić information content (AvgIpc) is 2.65. The van der Waals surface area contributed by atoms with Gasteiger partial charge in [0.15, 0.2) is 0 Å². The molecule has 1 unspecified atom stereocenters. The van der Waals surface area contributed by atoms with E-state index in [1.165, 1.54) is 11.3 Å². The van der Waals surface area contributed by atoms with Gasteiger partial charge in [-0.3, -0.25) is 0 Å². The van der Waals surface area contributed by atoms with Crippen LogP contribution in [0.2, 0.25) is 0 Å². The summed E-state index contributed by atoms with van der Waals surface area (Å²) in [5.41, 5.74) is 0. The quantitative estimate of drug-likeness (QED) is 0.805. The second-order valence-corrected chi connectivity index (χ2v) is 5.05. The lowest BCUT2D eigenvalue weighted by Gasteiger charge is -2.20. The molecule has 1 atom stereocenters. The van der Waals surface area contributed by atoms with Crippen molar-refractivity contribution in [3.63, 3.8) is 0 Å². The van der Waals surface area contributed by atoms with Gasteiger partial charge in [0, 0.05) is 12.6 Å². The first kappa shape index (κ1) is 12.5. The van der Waals surface area contributed by atoms with Crippen LogP contribution >= 0.6 is 11.3 Å². The van der Waals surface area contributed by atoms with Gasteiger partial charge in [0.05, 0.1) is 12.0 Å². The molecule has 1 aromatic heterocycles. The van der Waals surface area contributed by atoms with Crippen molar-refractivity contribution in [2.24, 2.45) is 5.92 Å². The van der Waals surface area contributed by atoms with Crippen molar-refractivity contribution in [2.75, 3.05) is 7.11 Å². The van der Waals surface area contributed by atoms with Crippen molar-refractivity contribution in [3.8, 4) is 5.75 Å². The highest BCUT2D eigenvalue weighted by atomic mass is 32.1. The highest BCUT2D eigenvalue weighted by Crippen LogP contribution is 2.24. The molecule has 0 fully saturated rings. The Morgan fingerprint density at radius 2 is 2.20 bits per heavy atom. The van der Waals surface area contributed by atoms with Crippen molar-refractivity contribution in [1.29, 1.82) is 0 Å². The van der Waals surface area contributed by atoms with Crippen molar-refractivity contribution in [1.82, 2.24) is 5.32 Å². The lowest BCUT2D eigenvalue weighted by molar-refractivity contribution is 0.378. The summed E-state index contributed by atoms with van der Waals surface area (Å²) in [6, 6.07) is 2.62. The van der Waals surface area contributed by atoms with Gasteiger partial charge in [-0.25, -0.2) is 0 Å². The molecule has 1 rings (SSSR count). The Kier molecular flexibility index (Phi) is 5.12. The molecule has 0 aromatic carbocycles. The summed E-state index contributed by atoms with van der Waals surface area (Å²) in [5, 5.41) is 5.65. The summed E-state index contributed by atoms with van der Waals surface area (Å²) in [6.45, 7) is 7.65. The van der Waals surface area contributed by atoms with E-state index in [1.807, 2.05) is 6.07 Å². The number of rotatable bonds is 6. The van der Waals surface area contributed by atoms with Crippen LogP contribution in [-0.4, -0.2) is 13.2 Å². The first-order chi connectivity index (χ1) is 7.19. The Morgan fingerprint density at radius 3 is 2.73 bits per heavy atom. The normalized spacial score (nSPS) is 13.1. The second-order valence-electron chi connectivity index (χ2n) is 4.05. The molecule has 1 heterocycles. The minimum Gasteiger partial charge on any atom is -0.496 e. The topological polar surface area (TPSA) is 21.3 Å². The maximum Gasteiger partial charge on any atom is 0.134 e.